The summed E-state index contributed by atoms with van der Waals surface area (Å²) in [6, 6.07) is 0.753. The minimum Gasteiger partial charge on any atom is -0.172 e. The largest absolute Gasteiger partial charge is 0.172 e. The molecule has 2 rings (SSSR count). The molecule has 1 aliphatic carbocycles. The third-order valence-electron chi connectivity index (χ3n) is 2.37. The van der Waals surface area contributed by atoms with Crippen LogP contribution in [0, 0.1) is 5.92 Å². The van der Waals surface area contributed by atoms with Crippen LogP contribution >= 0.6 is 11.9 Å². The molecular weight excluding hydrogens is 130 g/mol. The smallest absolute Gasteiger partial charge is 0.0405 e. The van der Waals surface area contributed by atoms with E-state index in [1.54, 1.807) is 11.9 Å². The number of fused-ring (bicyclic) bond motifs is 1. The van der Waals surface area contributed by atoms with Crippen LogP contribution in [0.15, 0.2) is 0 Å². The molecule has 0 aromatic heterocycles. The van der Waals surface area contributed by atoms with Gasteiger partial charge in [-0.2, -0.15) is 4.72 Å². The van der Waals surface area contributed by atoms with Crippen LogP contribution in [0.2, 0.25) is 0 Å². The lowest BCUT2D eigenvalue weighted by atomic mass is 9.87. The van der Waals surface area contributed by atoms with E-state index in [4.69, 9.17) is 0 Å². The molecule has 2 aliphatic rings. The second-order valence-electron chi connectivity index (χ2n) is 3.01. The van der Waals surface area contributed by atoms with E-state index in [1.807, 2.05) is 0 Å². The highest BCUT2D eigenvalue weighted by Gasteiger charge is 2.30. The number of rotatable bonds is 0. The molecule has 0 N–H and O–H groups in total. The van der Waals surface area contributed by atoms with Gasteiger partial charge in [0.1, 0.15) is 0 Å². The molecule has 0 aromatic rings. The normalized spacial score (nSPS) is 42.7. The predicted molar refractivity (Wildman–Crippen MR) is 40.3 cm³/mol. The van der Waals surface area contributed by atoms with Crippen molar-refractivity contribution < 1.29 is 0 Å². The van der Waals surface area contributed by atoms with Crippen molar-refractivity contribution in [3.8, 4) is 0 Å². The lowest BCUT2D eigenvalue weighted by Crippen LogP contribution is -2.24. The maximum absolute atomic E-state index is 4.47. The second kappa shape index (κ2) is 2.51. The Kier molecular flexibility index (Phi) is 1.68. The molecule has 1 saturated carbocycles. The molecule has 2 atom stereocenters. The van der Waals surface area contributed by atoms with Crippen molar-refractivity contribution in [1.82, 2.24) is 4.72 Å². The van der Waals surface area contributed by atoms with E-state index in [0.717, 1.165) is 12.0 Å². The van der Waals surface area contributed by atoms with Gasteiger partial charge in [-0.25, -0.2) is 0 Å². The number of hydrogen-bond donors (Lipinski definition) is 0. The van der Waals surface area contributed by atoms with E-state index >= 15 is 0 Å². The second-order valence-corrected chi connectivity index (χ2v) is 3.82. The van der Waals surface area contributed by atoms with Crippen molar-refractivity contribution in [2.45, 2.75) is 31.7 Å². The summed E-state index contributed by atoms with van der Waals surface area (Å²) in [5.74, 6) is 2.27. The maximum Gasteiger partial charge on any atom is 0.0405 e. The first-order valence-electron chi connectivity index (χ1n) is 3.79. The first kappa shape index (κ1) is 6.05. The summed E-state index contributed by atoms with van der Waals surface area (Å²) in [4.78, 5) is 0. The summed E-state index contributed by atoms with van der Waals surface area (Å²) in [7, 11) is 0. The first-order valence-corrected chi connectivity index (χ1v) is 4.73. The Hall–Kier alpha value is 0.310. The summed E-state index contributed by atoms with van der Waals surface area (Å²) in [6.45, 7) is 0. The van der Waals surface area contributed by atoms with Gasteiger partial charge in [0.05, 0.1) is 0 Å². The van der Waals surface area contributed by atoms with E-state index in [0.29, 0.717) is 0 Å². The van der Waals surface area contributed by atoms with Gasteiger partial charge in [0.25, 0.3) is 0 Å². The van der Waals surface area contributed by atoms with Crippen molar-refractivity contribution >= 4 is 11.9 Å². The van der Waals surface area contributed by atoms with E-state index in [-0.39, 0.29) is 0 Å². The minimum absolute atomic E-state index is 0.753. The van der Waals surface area contributed by atoms with Crippen LogP contribution in [0.5, 0.6) is 0 Å². The zero-order valence-corrected chi connectivity index (χ0v) is 6.36. The Labute approximate surface area is 60.7 Å². The first-order chi connectivity index (χ1) is 4.47. The highest BCUT2D eigenvalue weighted by atomic mass is 32.2. The van der Waals surface area contributed by atoms with E-state index in [9.17, 15) is 0 Å². The molecule has 51 valence electrons. The fourth-order valence-corrected chi connectivity index (χ4v) is 2.89. The molecule has 1 saturated heterocycles. The molecular formula is C7H12NS. The zero-order valence-electron chi connectivity index (χ0n) is 5.55. The maximum atomic E-state index is 4.47. The topological polar surface area (TPSA) is 14.1 Å². The van der Waals surface area contributed by atoms with Crippen molar-refractivity contribution in [3.63, 3.8) is 0 Å². The van der Waals surface area contributed by atoms with Gasteiger partial charge >= 0.3 is 0 Å². The molecule has 1 radical (unpaired) electrons. The van der Waals surface area contributed by atoms with Gasteiger partial charge in [0, 0.05) is 11.8 Å². The van der Waals surface area contributed by atoms with Crippen LogP contribution in [0.1, 0.15) is 25.7 Å². The van der Waals surface area contributed by atoms with Gasteiger partial charge in [-0.1, -0.05) is 24.8 Å². The van der Waals surface area contributed by atoms with Crippen LogP contribution in [-0.4, -0.2) is 11.8 Å². The molecule has 0 aromatic carbocycles. The van der Waals surface area contributed by atoms with Crippen molar-refractivity contribution in [2.24, 2.45) is 5.92 Å². The average Bonchev–Trinajstić information content (AvgIpc) is 2.33. The third kappa shape index (κ3) is 1.10. The van der Waals surface area contributed by atoms with E-state index in [1.165, 1.54) is 31.4 Å². The van der Waals surface area contributed by atoms with Gasteiger partial charge in [0.15, 0.2) is 0 Å². The Bertz CT molecular complexity index is 93.1. The molecule has 1 nitrogen and oxygen atoms in total. The molecule has 9 heavy (non-hydrogen) atoms. The number of nitrogens with zero attached hydrogens (tertiary/aromatic N) is 1. The Balaban J connectivity index is 1.97. The Morgan fingerprint density at radius 1 is 1.22 bits per heavy atom. The van der Waals surface area contributed by atoms with Crippen LogP contribution in [0.3, 0.4) is 0 Å². The summed E-state index contributed by atoms with van der Waals surface area (Å²) in [5.41, 5.74) is 0. The average molecular weight is 142 g/mol. The van der Waals surface area contributed by atoms with Gasteiger partial charge in [-0.05, 0) is 18.8 Å². The SMILES string of the molecule is C1CCC2[N]SCC2C1. The van der Waals surface area contributed by atoms with Gasteiger partial charge in [0.2, 0.25) is 0 Å². The zero-order chi connectivity index (χ0) is 6.10. The predicted octanol–water partition coefficient (Wildman–Crippen LogP) is 1.81. The van der Waals surface area contributed by atoms with Crippen LogP contribution in [0.4, 0.5) is 0 Å². The van der Waals surface area contributed by atoms with Crippen molar-refractivity contribution in [1.29, 1.82) is 0 Å². The molecule has 2 heteroatoms. The monoisotopic (exact) mass is 142 g/mol. The van der Waals surface area contributed by atoms with Crippen LogP contribution in [-0.2, 0) is 0 Å². The van der Waals surface area contributed by atoms with Crippen molar-refractivity contribution in [2.75, 3.05) is 5.75 Å². The molecule has 1 aliphatic heterocycles. The molecule has 2 fully saturated rings. The number of hydrogen-bond acceptors (Lipinski definition) is 1. The highest BCUT2D eigenvalue weighted by molar-refractivity contribution is 7.97. The summed E-state index contributed by atoms with van der Waals surface area (Å²) in [5, 5.41) is 0. The van der Waals surface area contributed by atoms with E-state index in [2.05, 4.69) is 4.72 Å². The fourth-order valence-electron chi connectivity index (χ4n) is 1.76. The molecule has 1 heterocycles. The summed E-state index contributed by atoms with van der Waals surface area (Å²) < 4.78 is 4.47. The van der Waals surface area contributed by atoms with Gasteiger partial charge < -0.3 is 0 Å². The Morgan fingerprint density at radius 3 is 3.00 bits per heavy atom. The molecule has 2 unspecified atom stereocenters. The Morgan fingerprint density at radius 2 is 2.11 bits per heavy atom. The fraction of sp³-hybridized carbons (Fsp3) is 1.00. The lowest BCUT2D eigenvalue weighted by Gasteiger charge is -2.21. The third-order valence-corrected chi connectivity index (χ3v) is 3.36. The van der Waals surface area contributed by atoms with Gasteiger partial charge in [-0.15, -0.1) is 0 Å². The molecule has 0 spiro atoms. The standard InChI is InChI=1S/C7H12NS/c1-2-4-7-6(3-1)5-9-8-7/h6-7H,1-5H2. The quantitative estimate of drug-likeness (QED) is 0.470. The molecule has 0 bridgehead atoms. The van der Waals surface area contributed by atoms with Crippen LogP contribution < -0.4 is 4.72 Å². The highest BCUT2D eigenvalue weighted by Crippen LogP contribution is 2.33. The lowest BCUT2D eigenvalue weighted by molar-refractivity contribution is 0.335. The molecule has 0 amide bonds. The van der Waals surface area contributed by atoms with E-state index < -0.39 is 0 Å². The van der Waals surface area contributed by atoms with Crippen LogP contribution in [0.25, 0.3) is 0 Å². The van der Waals surface area contributed by atoms with Crippen molar-refractivity contribution in [3.05, 3.63) is 0 Å². The summed E-state index contributed by atoms with van der Waals surface area (Å²) in [6.07, 6.45) is 5.70. The summed E-state index contributed by atoms with van der Waals surface area (Å²) >= 11 is 1.80. The minimum atomic E-state index is 0.753. The van der Waals surface area contributed by atoms with Gasteiger partial charge in [-0.3, -0.25) is 0 Å².